The van der Waals surface area contributed by atoms with Crippen LogP contribution in [0.2, 0.25) is 0 Å². The van der Waals surface area contributed by atoms with Gasteiger partial charge in [-0.2, -0.15) is 4.98 Å². The SMILES string of the molecule is CN1CCN(C)C(c2noc(C(N)C3CC3)n2)C1. The first kappa shape index (κ1) is 12.1. The van der Waals surface area contributed by atoms with Crippen LogP contribution in [0.25, 0.3) is 0 Å². The Labute approximate surface area is 107 Å². The number of hydrogen-bond acceptors (Lipinski definition) is 6. The molecule has 1 aliphatic heterocycles. The molecule has 2 unspecified atom stereocenters. The minimum absolute atomic E-state index is 0.0714. The predicted octanol–water partition coefficient (Wildman–Crippen LogP) is 0.398. The summed E-state index contributed by atoms with van der Waals surface area (Å²) in [6.07, 6.45) is 2.37. The summed E-state index contributed by atoms with van der Waals surface area (Å²) in [6, 6.07) is 0.144. The summed E-state index contributed by atoms with van der Waals surface area (Å²) in [4.78, 5) is 9.08. The molecule has 3 rings (SSSR count). The van der Waals surface area contributed by atoms with E-state index in [1.165, 1.54) is 12.8 Å². The second-order valence-corrected chi connectivity index (χ2v) is 5.61. The molecule has 18 heavy (non-hydrogen) atoms. The average Bonchev–Trinajstić information content (AvgIpc) is 3.09. The number of piperazine rings is 1. The fraction of sp³-hybridized carbons (Fsp3) is 0.833. The molecule has 1 saturated heterocycles. The first-order valence-electron chi connectivity index (χ1n) is 6.63. The van der Waals surface area contributed by atoms with Gasteiger partial charge < -0.3 is 15.2 Å². The van der Waals surface area contributed by atoms with E-state index in [-0.39, 0.29) is 12.1 Å². The van der Waals surface area contributed by atoms with Crippen LogP contribution in [0, 0.1) is 5.92 Å². The monoisotopic (exact) mass is 251 g/mol. The first-order valence-corrected chi connectivity index (χ1v) is 6.63. The smallest absolute Gasteiger partial charge is 0.243 e. The van der Waals surface area contributed by atoms with Crippen LogP contribution in [0.4, 0.5) is 0 Å². The molecule has 0 radical (unpaired) electrons. The van der Waals surface area contributed by atoms with Crippen LogP contribution in [0.1, 0.15) is 36.6 Å². The lowest BCUT2D eigenvalue weighted by Crippen LogP contribution is -2.45. The van der Waals surface area contributed by atoms with Gasteiger partial charge in [0.15, 0.2) is 5.82 Å². The van der Waals surface area contributed by atoms with E-state index in [1.54, 1.807) is 0 Å². The van der Waals surface area contributed by atoms with Crippen molar-refractivity contribution in [2.75, 3.05) is 33.7 Å². The zero-order valence-electron chi connectivity index (χ0n) is 11.0. The Balaban J connectivity index is 1.75. The highest BCUT2D eigenvalue weighted by Crippen LogP contribution is 2.39. The summed E-state index contributed by atoms with van der Waals surface area (Å²) in [7, 11) is 4.23. The lowest BCUT2D eigenvalue weighted by molar-refractivity contribution is 0.108. The lowest BCUT2D eigenvalue weighted by Gasteiger charge is -2.35. The molecule has 0 spiro atoms. The van der Waals surface area contributed by atoms with Crippen molar-refractivity contribution in [2.45, 2.75) is 24.9 Å². The van der Waals surface area contributed by atoms with Gasteiger partial charge in [-0.3, -0.25) is 4.90 Å². The third-order valence-electron chi connectivity index (χ3n) is 4.02. The molecule has 2 fully saturated rings. The fourth-order valence-corrected chi connectivity index (χ4v) is 2.46. The second-order valence-electron chi connectivity index (χ2n) is 5.61. The standard InChI is InChI=1S/C12H21N5O/c1-16-5-6-17(2)9(7-16)11-14-12(18-15-11)10(13)8-3-4-8/h8-10H,3-7,13H2,1-2H3. The van der Waals surface area contributed by atoms with Crippen molar-refractivity contribution in [3.8, 4) is 0 Å². The Hall–Kier alpha value is -0.980. The van der Waals surface area contributed by atoms with Gasteiger partial charge >= 0.3 is 0 Å². The van der Waals surface area contributed by atoms with Gasteiger partial charge in [-0.05, 0) is 32.9 Å². The molecule has 2 N–H and O–H groups in total. The van der Waals surface area contributed by atoms with Gasteiger partial charge in [0.1, 0.15) is 0 Å². The molecule has 100 valence electrons. The van der Waals surface area contributed by atoms with Crippen molar-refractivity contribution >= 4 is 0 Å². The molecule has 6 nitrogen and oxygen atoms in total. The van der Waals surface area contributed by atoms with Crippen LogP contribution in [-0.4, -0.2) is 53.7 Å². The van der Waals surface area contributed by atoms with Crippen molar-refractivity contribution in [3.05, 3.63) is 11.7 Å². The van der Waals surface area contributed by atoms with E-state index in [0.29, 0.717) is 11.8 Å². The topological polar surface area (TPSA) is 71.4 Å². The third kappa shape index (κ3) is 2.28. The Kier molecular flexibility index (Phi) is 3.09. The summed E-state index contributed by atoms with van der Waals surface area (Å²) in [5, 5.41) is 4.12. The Morgan fingerprint density at radius 2 is 2.11 bits per heavy atom. The number of hydrogen-bond donors (Lipinski definition) is 1. The molecular formula is C12H21N5O. The molecule has 6 heteroatoms. The maximum Gasteiger partial charge on any atom is 0.243 e. The number of nitrogens with two attached hydrogens (primary N) is 1. The average molecular weight is 251 g/mol. The van der Waals surface area contributed by atoms with E-state index >= 15 is 0 Å². The Bertz CT molecular complexity index is 416. The second kappa shape index (κ2) is 4.60. The molecular weight excluding hydrogens is 230 g/mol. The van der Waals surface area contributed by atoms with Gasteiger partial charge in [0.2, 0.25) is 5.89 Å². The highest BCUT2D eigenvalue weighted by molar-refractivity contribution is 5.02. The fourth-order valence-electron chi connectivity index (χ4n) is 2.46. The van der Waals surface area contributed by atoms with E-state index in [0.717, 1.165) is 25.5 Å². The van der Waals surface area contributed by atoms with Crippen LogP contribution in [0.5, 0.6) is 0 Å². The van der Waals surface area contributed by atoms with Crippen LogP contribution in [0.3, 0.4) is 0 Å². The molecule has 0 amide bonds. The molecule has 2 atom stereocenters. The normalized spacial score (nSPS) is 28.5. The highest BCUT2D eigenvalue weighted by atomic mass is 16.5. The van der Waals surface area contributed by atoms with Gasteiger partial charge in [-0.1, -0.05) is 5.16 Å². The van der Waals surface area contributed by atoms with Crippen molar-refractivity contribution in [3.63, 3.8) is 0 Å². The summed E-state index contributed by atoms with van der Waals surface area (Å²) < 4.78 is 5.33. The quantitative estimate of drug-likeness (QED) is 0.838. The maximum atomic E-state index is 6.08. The summed E-state index contributed by atoms with van der Waals surface area (Å²) in [5.74, 6) is 1.93. The largest absolute Gasteiger partial charge is 0.338 e. The molecule has 0 aromatic carbocycles. The van der Waals surface area contributed by atoms with Crippen LogP contribution in [0.15, 0.2) is 4.52 Å². The van der Waals surface area contributed by atoms with E-state index in [2.05, 4.69) is 34.0 Å². The van der Waals surface area contributed by atoms with Gasteiger partial charge in [-0.15, -0.1) is 0 Å². The van der Waals surface area contributed by atoms with E-state index < -0.39 is 0 Å². The molecule has 1 aromatic heterocycles. The van der Waals surface area contributed by atoms with Gasteiger partial charge in [0.25, 0.3) is 0 Å². The number of aromatic nitrogens is 2. The van der Waals surface area contributed by atoms with Gasteiger partial charge in [0, 0.05) is 19.6 Å². The predicted molar refractivity (Wildman–Crippen MR) is 66.8 cm³/mol. The van der Waals surface area contributed by atoms with E-state index in [9.17, 15) is 0 Å². The zero-order valence-corrected chi connectivity index (χ0v) is 11.0. The van der Waals surface area contributed by atoms with Crippen molar-refractivity contribution in [1.29, 1.82) is 0 Å². The van der Waals surface area contributed by atoms with Crippen molar-refractivity contribution < 1.29 is 4.52 Å². The molecule has 1 saturated carbocycles. The highest BCUT2D eigenvalue weighted by Gasteiger charge is 2.35. The molecule has 2 heterocycles. The maximum absolute atomic E-state index is 6.08. The third-order valence-corrected chi connectivity index (χ3v) is 4.02. The Morgan fingerprint density at radius 3 is 2.83 bits per heavy atom. The minimum Gasteiger partial charge on any atom is -0.338 e. The number of likely N-dealkylation sites (N-methyl/N-ethyl adjacent to an activating group) is 2. The lowest BCUT2D eigenvalue weighted by atomic mass is 10.1. The van der Waals surface area contributed by atoms with Gasteiger partial charge in [-0.25, -0.2) is 0 Å². The van der Waals surface area contributed by atoms with E-state index in [1.807, 2.05) is 0 Å². The minimum atomic E-state index is -0.0714. The number of nitrogens with zero attached hydrogens (tertiary/aromatic N) is 4. The molecule has 1 aliphatic carbocycles. The van der Waals surface area contributed by atoms with E-state index in [4.69, 9.17) is 10.3 Å². The van der Waals surface area contributed by atoms with Crippen LogP contribution >= 0.6 is 0 Å². The van der Waals surface area contributed by atoms with Crippen LogP contribution in [-0.2, 0) is 0 Å². The number of rotatable bonds is 3. The van der Waals surface area contributed by atoms with Crippen LogP contribution < -0.4 is 5.73 Å². The van der Waals surface area contributed by atoms with Crippen molar-refractivity contribution in [1.82, 2.24) is 19.9 Å². The Morgan fingerprint density at radius 1 is 1.33 bits per heavy atom. The molecule has 2 aliphatic rings. The molecule has 1 aromatic rings. The first-order chi connectivity index (χ1) is 8.65. The summed E-state index contributed by atoms with van der Waals surface area (Å²) in [6.45, 7) is 3.05. The van der Waals surface area contributed by atoms with Crippen molar-refractivity contribution in [2.24, 2.45) is 11.7 Å². The summed E-state index contributed by atoms with van der Waals surface area (Å²) in [5.41, 5.74) is 6.08. The zero-order chi connectivity index (χ0) is 12.7. The molecule has 0 bridgehead atoms. The summed E-state index contributed by atoms with van der Waals surface area (Å²) >= 11 is 0. The van der Waals surface area contributed by atoms with Gasteiger partial charge in [0.05, 0.1) is 12.1 Å².